The third kappa shape index (κ3) is 11.6. The number of aromatic nitrogens is 5. The standard InChI is InChI=1S/C35H45N5O5.C5H5ClN2/c1-23-36-15-11-31(38-23)40(22-35(2,3)4)34(43)28-9-8-27(44-5)19-30(28)39-16-12-24(13-17-39)21-45-32-18-26(10-14-37-32)29(20-33(41)42)25-6-7-25;1-4-7-3-2-5(6)8-4/h8-11,14-15,18-19,24-25,29H,6-7,12-13,16-17,20-22H2,1-5H3,(H,41,42);2-3H,1H3. The van der Waals surface area contributed by atoms with E-state index in [9.17, 15) is 14.7 Å². The van der Waals surface area contributed by atoms with Crippen molar-refractivity contribution in [3.8, 4) is 11.6 Å². The predicted octanol–water partition coefficient (Wildman–Crippen LogP) is 7.58. The number of pyridine rings is 1. The minimum atomic E-state index is -0.773. The van der Waals surface area contributed by atoms with Crippen LogP contribution < -0.4 is 19.3 Å². The maximum atomic E-state index is 14.2. The number of hydrogen-bond acceptors (Lipinski definition) is 10. The van der Waals surface area contributed by atoms with Crippen molar-refractivity contribution in [1.29, 1.82) is 0 Å². The third-order valence-corrected chi connectivity index (χ3v) is 9.50. The molecule has 1 aromatic carbocycles. The van der Waals surface area contributed by atoms with E-state index < -0.39 is 5.97 Å². The number of benzene rings is 1. The van der Waals surface area contributed by atoms with Gasteiger partial charge in [-0.1, -0.05) is 32.4 Å². The summed E-state index contributed by atoms with van der Waals surface area (Å²) >= 11 is 5.49. The topological polar surface area (TPSA) is 144 Å². The van der Waals surface area contributed by atoms with Crippen LogP contribution in [0.1, 0.15) is 86.4 Å². The Balaban J connectivity index is 0.000000599. The fraction of sp³-hybridized carbons (Fsp3) is 0.475. The van der Waals surface area contributed by atoms with Crippen molar-refractivity contribution in [3.05, 3.63) is 89.0 Å². The summed E-state index contributed by atoms with van der Waals surface area (Å²) < 4.78 is 11.7. The Morgan fingerprint density at radius 1 is 0.943 bits per heavy atom. The SMILES string of the molecule is COc1ccc(C(=O)N(CC(C)(C)C)c2ccnc(C)n2)c(N2CCC(COc3cc(C(CC(=O)O)C4CC4)ccn3)CC2)c1.Cc1nccc(Cl)n1. The van der Waals surface area contributed by atoms with Gasteiger partial charge in [-0.05, 0) is 98.6 Å². The molecule has 1 unspecified atom stereocenters. The van der Waals surface area contributed by atoms with Crippen LogP contribution in [0.4, 0.5) is 11.5 Å². The molecule has 1 aliphatic heterocycles. The zero-order valence-corrected chi connectivity index (χ0v) is 32.2. The highest BCUT2D eigenvalue weighted by molar-refractivity contribution is 6.29. The number of aliphatic carboxylic acids is 1. The lowest BCUT2D eigenvalue weighted by molar-refractivity contribution is -0.137. The van der Waals surface area contributed by atoms with E-state index in [0.717, 1.165) is 50.0 Å². The van der Waals surface area contributed by atoms with E-state index in [2.05, 4.69) is 50.6 Å². The molecule has 2 fully saturated rings. The van der Waals surface area contributed by atoms with Crippen molar-refractivity contribution in [2.24, 2.45) is 17.3 Å². The van der Waals surface area contributed by atoms with Crippen LogP contribution in [0.25, 0.3) is 0 Å². The Morgan fingerprint density at radius 2 is 1.62 bits per heavy atom. The minimum absolute atomic E-state index is 0.00791. The minimum Gasteiger partial charge on any atom is -0.497 e. The van der Waals surface area contributed by atoms with Crippen molar-refractivity contribution < 1.29 is 24.2 Å². The summed E-state index contributed by atoms with van der Waals surface area (Å²) in [5.74, 6) is 3.04. The highest BCUT2D eigenvalue weighted by atomic mass is 35.5. The molecule has 0 bridgehead atoms. The number of carbonyl (C=O) groups is 2. The molecular weight excluding hydrogens is 694 g/mol. The summed E-state index contributed by atoms with van der Waals surface area (Å²) in [7, 11) is 1.64. The summed E-state index contributed by atoms with van der Waals surface area (Å²) in [6.07, 6.45) is 9.11. The molecule has 0 radical (unpaired) electrons. The Morgan fingerprint density at radius 3 is 2.21 bits per heavy atom. The van der Waals surface area contributed by atoms with Gasteiger partial charge in [0.25, 0.3) is 5.91 Å². The number of ether oxygens (including phenoxy) is 2. The van der Waals surface area contributed by atoms with E-state index >= 15 is 0 Å². The van der Waals surface area contributed by atoms with Crippen LogP contribution in [0.2, 0.25) is 5.15 Å². The first-order valence-electron chi connectivity index (χ1n) is 18.1. The molecule has 4 aromatic rings. The number of methoxy groups -OCH3 is 1. The molecule has 1 saturated carbocycles. The highest BCUT2D eigenvalue weighted by Crippen LogP contribution is 2.45. The Hall–Kier alpha value is -4.84. The molecule has 282 valence electrons. The maximum absolute atomic E-state index is 14.2. The van der Waals surface area contributed by atoms with Crippen LogP contribution in [0.5, 0.6) is 11.6 Å². The molecule has 1 aliphatic carbocycles. The molecule has 12 nitrogen and oxygen atoms in total. The zero-order valence-electron chi connectivity index (χ0n) is 31.5. The lowest BCUT2D eigenvalue weighted by Crippen LogP contribution is -2.41. The monoisotopic (exact) mass is 743 g/mol. The first-order valence-corrected chi connectivity index (χ1v) is 18.5. The average Bonchev–Trinajstić information content (AvgIpc) is 3.97. The highest BCUT2D eigenvalue weighted by Gasteiger charge is 2.34. The molecule has 3 aromatic heterocycles. The molecule has 2 aliphatic rings. The van der Waals surface area contributed by atoms with E-state index in [0.29, 0.717) is 64.8 Å². The van der Waals surface area contributed by atoms with Gasteiger partial charge >= 0.3 is 5.97 Å². The van der Waals surface area contributed by atoms with Crippen LogP contribution >= 0.6 is 11.6 Å². The second-order valence-corrected chi connectivity index (χ2v) is 15.3. The molecule has 13 heteroatoms. The summed E-state index contributed by atoms with van der Waals surface area (Å²) in [6, 6.07) is 12.9. The molecule has 1 N–H and O–H groups in total. The van der Waals surface area contributed by atoms with Crippen LogP contribution in [-0.2, 0) is 4.79 Å². The number of aryl methyl sites for hydroxylation is 2. The molecule has 1 atom stereocenters. The Bertz CT molecular complexity index is 1840. The molecule has 1 amide bonds. The quantitative estimate of drug-likeness (QED) is 0.143. The number of carbonyl (C=O) groups excluding carboxylic acids is 1. The van der Waals surface area contributed by atoms with E-state index in [1.165, 1.54) is 0 Å². The summed E-state index contributed by atoms with van der Waals surface area (Å²) in [6.45, 7) is 12.5. The first kappa shape index (κ1) is 39.4. The lowest BCUT2D eigenvalue weighted by Gasteiger charge is -2.36. The van der Waals surface area contributed by atoms with E-state index in [-0.39, 0.29) is 23.7 Å². The normalized spacial score (nSPS) is 15.2. The molecule has 0 spiro atoms. The molecule has 1 saturated heterocycles. The van der Waals surface area contributed by atoms with Crippen molar-refractivity contribution >= 4 is 35.0 Å². The predicted molar refractivity (Wildman–Crippen MR) is 205 cm³/mol. The van der Waals surface area contributed by atoms with Gasteiger partial charge < -0.3 is 19.5 Å². The number of anilines is 2. The second-order valence-electron chi connectivity index (χ2n) is 14.9. The lowest BCUT2D eigenvalue weighted by atomic mass is 9.92. The maximum Gasteiger partial charge on any atom is 0.303 e. The number of hydrogen-bond donors (Lipinski definition) is 1. The molecule has 53 heavy (non-hydrogen) atoms. The number of carboxylic acid groups (broad SMARTS) is 1. The van der Waals surface area contributed by atoms with Crippen molar-refractivity contribution in [2.45, 2.75) is 72.6 Å². The van der Waals surface area contributed by atoms with Crippen LogP contribution in [0, 0.1) is 31.1 Å². The van der Waals surface area contributed by atoms with Gasteiger partial charge in [0, 0.05) is 50.4 Å². The van der Waals surface area contributed by atoms with Crippen molar-refractivity contribution in [3.63, 3.8) is 0 Å². The van der Waals surface area contributed by atoms with E-state index in [1.807, 2.05) is 37.3 Å². The van der Waals surface area contributed by atoms with Gasteiger partial charge in [0.1, 0.15) is 28.4 Å². The summed E-state index contributed by atoms with van der Waals surface area (Å²) in [5, 5.41) is 9.89. The fourth-order valence-electron chi connectivity index (χ4n) is 6.50. The first-order chi connectivity index (χ1) is 25.3. The Kier molecular flexibility index (Phi) is 13.2. The van der Waals surface area contributed by atoms with Gasteiger partial charge in [-0.15, -0.1) is 0 Å². The van der Waals surface area contributed by atoms with Crippen LogP contribution in [-0.4, -0.2) is 75.3 Å². The molecule has 4 heterocycles. The molecule has 6 rings (SSSR count). The molecular formula is C40H50ClN7O5. The number of amides is 1. The summed E-state index contributed by atoms with van der Waals surface area (Å²) in [4.78, 5) is 50.6. The van der Waals surface area contributed by atoms with Gasteiger partial charge in [0.15, 0.2) is 0 Å². The van der Waals surface area contributed by atoms with E-state index in [1.54, 1.807) is 49.7 Å². The number of carboxylic acids is 1. The largest absolute Gasteiger partial charge is 0.497 e. The zero-order chi connectivity index (χ0) is 38.1. The number of nitrogens with zero attached hydrogens (tertiary/aromatic N) is 7. The van der Waals surface area contributed by atoms with Gasteiger partial charge in [-0.25, -0.2) is 24.9 Å². The van der Waals surface area contributed by atoms with Gasteiger partial charge in [-0.2, -0.15) is 0 Å². The van der Waals surface area contributed by atoms with Crippen LogP contribution in [0.15, 0.2) is 61.1 Å². The van der Waals surface area contributed by atoms with E-state index in [4.69, 9.17) is 21.1 Å². The second kappa shape index (κ2) is 17.8. The smallest absolute Gasteiger partial charge is 0.303 e. The van der Waals surface area contributed by atoms with Gasteiger partial charge in [-0.3, -0.25) is 14.5 Å². The third-order valence-electron chi connectivity index (χ3n) is 9.29. The summed E-state index contributed by atoms with van der Waals surface area (Å²) in [5.41, 5.74) is 2.30. The average molecular weight is 744 g/mol. The van der Waals surface area contributed by atoms with Crippen molar-refractivity contribution in [2.75, 3.05) is 43.2 Å². The van der Waals surface area contributed by atoms with Gasteiger partial charge in [0.2, 0.25) is 5.88 Å². The fourth-order valence-corrected chi connectivity index (χ4v) is 6.68. The number of halogens is 1. The Labute approximate surface area is 317 Å². The van der Waals surface area contributed by atoms with Gasteiger partial charge in [0.05, 0.1) is 31.4 Å². The van der Waals surface area contributed by atoms with Crippen molar-refractivity contribution in [1.82, 2.24) is 24.9 Å². The number of piperidine rings is 1. The van der Waals surface area contributed by atoms with Crippen LogP contribution in [0.3, 0.4) is 0 Å². The number of rotatable bonds is 12.